The molecular formula is C21H34O3. The average Bonchev–Trinajstić information content (AvgIpc) is 2.50. The third-order valence-electron chi connectivity index (χ3n) is 6.99. The first kappa shape index (κ1) is 19.2. The molecule has 2 aliphatic rings. The summed E-state index contributed by atoms with van der Waals surface area (Å²) in [4.78, 5) is 23.9. The van der Waals surface area contributed by atoms with Gasteiger partial charge >= 0.3 is 5.97 Å². The van der Waals surface area contributed by atoms with Crippen molar-refractivity contribution in [1.82, 2.24) is 0 Å². The Morgan fingerprint density at radius 3 is 2.67 bits per heavy atom. The van der Waals surface area contributed by atoms with Gasteiger partial charge in [0, 0.05) is 18.3 Å². The zero-order valence-corrected chi connectivity index (χ0v) is 16.3. The molecule has 1 fully saturated rings. The largest absolute Gasteiger partial charge is 0.469 e. The van der Waals surface area contributed by atoms with Gasteiger partial charge in [-0.05, 0) is 55.8 Å². The van der Waals surface area contributed by atoms with Gasteiger partial charge in [-0.2, -0.15) is 0 Å². The summed E-state index contributed by atoms with van der Waals surface area (Å²) in [6.45, 7) is 11.1. The van der Waals surface area contributed by atoms with Crippen molar-refractivity contribution >= 4 is 11.8 Å². The molecule has 1 saturated carbocycles. The summed E-state index contributed by atoms with van der Waals surface area (Å²) in [6.07, 6.45) is 7.72. The van der Waals surface area contributed by atoms with Gasteiger partial charge in [0.25, 0.3) is 0 Å². The number of ether oxygens (including phenoxy) is 1. The number of fused-ring (bicyclic) bond motifs is 1. The van der Waals surface area contributed by atoms with E-state index in [1.807, 2.05) is 0 Å². The van der Waals surface area contributed by atoms with E-state index in [0.717, 1.165) is 25.7 Å². The highest BCUT2D eigenvalue weighted by atomic mass is 16.5. The van der Waals surface area contributed by atoms with Crippen LogP contribution < -0.4 is 0 Å². The van der Waals surface area contributed by atoms with E-state index >= 15 is 0 Å². The Morgan fingerprint density at radius 2 is 2.04 bits per heavy atom. The third-order valence-corrected chi connectivity index (χ3v) is 6.99. The number of hydrogen-bond donors (Lipinski definition) is 0. The van der Waals surface area contributed by atoms with Crippen molar-refractivity contribution in [2.75, 3.05) is 7.11 Å². The molecule has 0 aromatic carbocycles. The lowest BCUT2D eigenvalue weighted by Crippen LogP contribution is -2.52. The lowest BCUT2D eigenvalue weighted by atomic mass is 9.48. The average molecular weight is 335 g/mol. The topological polar surface area (TPSA) is 43.4 Å². The molecule has 2 aliphatic carbocycles. The van der Waals surface area contributed by atoms with E-state index < -0.39 is 0 Å². The van der Waals surface area contributed by atoms with E-state index in [1.165, 1.54) is 12.7 Å². The molecule has 3 heteroatoms. The Labute approximate surface area is 147 Å². The summed E-state index contributed by atoms with van der Waals surface area (Å²) in [5.41, 5.74) is 1.45. The van der Waals surface area contributed by atoms with Crippen LogP contribution >= 0.6 is 0 Å². The number of ketones is 1. The highest BCUT2D eigenvalue weighted by molar-refractivity contribution is 5.85. The molecule has 24 heavy (non-hydrogen) atoms. The maximum absolute atomic E-state index is 12.4. The summed E-state index contributed by atoms with van der Waals surface area (Å²) in [7, 11) is 1.45. The molecule has 0 N–H and O–H groups in total. The second-order valence-electron chi connectivity index (χ2n) is 8.90. The number of methoxy groups -OCH3 is 1. The number of allylic oxidation sites excluding steroid dienone is 2. The van der Waals surface area contributed by atoms with E-state index in [1.54, 1.807) is 0 Å². The van der Waals surface area contributed by atoms with Crippen molar-refractivity contribution in [2.45, 2.75) is 73.1 Å². The van der Waals surface area contributed by atoms with Crippen LogP contribution in [0.2, 0.25) is 0 Å². The van der Waals surface area contributed by atoms with Gasteiger partial charge in [-0.1, -0.05) is 39.3 Å². The fourth-order valence-corrected chi connectivity index (χ4v) is 5.32. The van der Waals surface area contributed by atoms with Crippen molar-refractivity contribution in [2.24, 2.45) is 28.6 Å². The first-order valence-electron chi connectivity index (χ1n) is 9.39. The monoisotopic (exact) mass is 334 g/mol. The summed E-state index contributed by atoms with van der Waals surface area (Å²) in [5, 5.41) is 0. The maximum Gasteiger partial charge on any atom is 0.305 e. The Morgan fingerprint density at radius 1 is 1.38 bits per heavy atom. The minimum Gasteiger partial charge on any atom is -0.469 e. The molecule has 3 nitrogen and oxygen atoms in total. The first-order valence-corrected chi connectivity index (χ1v) is 9.39. The Hall–Kier alpha value is -1.12. The minimum atomic E-state index is -0.222. The Balaban J connectivity index is 2.14. The van der Waals surface area contributed by atoms with E-state index in [4.69, 9.17) is 4.74 Å². The lowest BCUT2D eigenvalue weighted by Gasteiger charge is -2.56. The zero-order chi connectivity index (χ0) is 18.1. The summed E-state index contributed by atoms with van der Waals surface area (Å²) in [5.74, 6) is 1.59. The summed E-state index contributed by atoms with van der Waals surface area (Å²) >= 11 is 0. The van der Waals surface area contributed by atoms with Crippen LogP contribution in [0.3, 0.4) is 0 Å². The molecule has 4 unspecified atom stereocenters. The van der Waals surface area contributed by atoms with Gasteiger partial charge < -0.3 is 4.74 Å². The number of esters is 1. The minimum absolute atomic E-state index is 0.119. The standard InChI is InChI=1S/C21H34O3/c1-14(13-19(23)24-6)7-9-16-15(2)8-10-17-20(3,4)18(22)11-12-21(16,17)5/h8,14,16-17H,7,9-13H2,1-6H3. The van der Waals surface area contributed by atoms with Crippen LogP contribution in [-0.4, -0.2) is 18.9 Å². The highest BCUT2D eigenvalue weighted by Crippen LogP contribution is 2.59. The van der Waals surface area contributed by atoms with Crippen LogP contribution in [0.5, 0.6) is 0 Å². The molecular weight excluding hydrogens is 300 g/mol. The van der Waals surface area contributed by atoms with E-state index in [-0.39, 0.29) is 16.8 Å². The molecule has 136 valence electrons. The van der Waals surface area contributed by atoms with Gasteiger partial charge in [0.05, 0.1) is 7.11 Å². The van der Waals surface area contributed by atoms with Crippen molar-refractivity contribution in [3.8, 4) is 0 Å². The van der Waals surface area contributed by atoms with Crippen LogP contribution in [0.15, 0.2) is 11.6 Å². The van der Waals surface area contributed by atoms with Crippen LogP contribution in [0.1, 0.15) is 73.1 Å². The van der Waals surface area contributed by atoms with Crippen LogP contribution in [0.25, 0.3) is 0 Å². The number of rotatable bonds is 5. The molecule has 0 aliphatic heterocycles. The third kappa shape index (κ3) is 3.45. The summed E-state index contributed by atoms with van der Waals surface area (Å²) < 4.78 is 4.79. The molecule has 0 saturated heterocycles. The molecule has 4 atom stereocenters. The predicted molar refractivity (Wildman–Crippen MR) is 96.5 cm³/mol. The SMILES string of the molecule is COC(=O)CC(C)CCC1C(C)=CCC2C(C)(C)C(=O)CCC12C. The second-order valence-corrected chi connectivity index (χ2v) is 8.90. The second kappa shape index (κ2) is 7.01. The smallest absolute Gasteiger partial charge is 0.305 e. The molecule has 0 radical (unpaired) electrons. The molecule has 0 aromatic rings. The van der Waals surface area contributed by atoms with Gasteiger partial charge in [0.2, 0.25) is 0 Å². The van der Waals surface area contributed by atoms with Gasteiger partial charge in [0.1, 0.15) is 5.78 Å². The van der Waals surface area contributed by atoms with Crippen molar-refractivity contribution in [1.29, 1.82) is 0 Å². The van der Waals surface area contributed by atoms with E-state index in [9.17, 15) is 9.59 Å². The van der Waals surface area contributed by atoms with Crippen LogP contribution in [0.4, 0.5) is 0 Å². The quantitative estimate of drug-likeness (QED) is 0.528. The number of carbonyl (C=O) groups excluding carboxylic acids is 2. The number of Topliss-reactive ketones (excluding diaryl/α,β-unsaturated/α-hetero) is 1. The van der Waals surface area contributed by atoms with Crippen LogP contribution in [-0.2, 0) is 14.3 Å². The fraction of sp³-hybridized carbons (Fsp3) is 0.810. The molecule has 0 aromatic heterocycles. The maximum atomic E-state index is 12.4. The van der Waals surface area contributed by atoms with Gasteiger partial charge in [0.15, 0.2) is 0 Å². The molecule has 0 heterocycles. The fourth-order valence-electron chi connectivity index (χ4n) is 5.32. The van der Waals surface area contributed by atoms with Crippen molar-refractivity contribution in [3.05, 3.63) is 11.6 Å². The Bertz CT molecular complexity index is 531. The van der Waals surface area contributed by atoms with E-state index in [2.05, 4.69) is 40.7 Å². The van der Waals surface area contributed by atoms with Crippen molar-refractivity contribution in [3.63, 3.8) is 0 Å². The van der Waals surface area contributed by atoms with Crippen LogP contribution in [0, 0.1) is 28.6 Å². The highest BCUT2D eigenvalue weighted by Gasteiger charge is 2.54. The first-order chi connectivity index (χ1) is 11.1. The zero-order valence-electron chi connectivity index (χ0n) is 16.3. The molecule has 0 spiro atoms. The van der Waals surface area contributed by atoms with Gasteiger partial charge in [-0.3, -0.25) is 9.59 Å². The van der Waals surface area contributed by atoms with Gasteiger partial charge in [-0.25, -0.2) is 0 Å². The molecule has 0 bridgehead atoms. The van der Waals surface area contributed by atoms with E-state index in [0.29, 0.717) is 36.4 Å². The Kier molecular flexibility index (Phi) is 5.61. The normalized spacial score (nSPS) is 33.4. The summed E-state index contributed by atoms with van der Waals surface area (Å²) in [6, 6.07) is 0. The van der Waals surface area contributed by atoms with Crippen molar-refractivity contribution < 1.29 is 14.3 Å². The number of hydrogen-bond acceptors (Lipinski definition) is 3. The molecule has 2 rings (SSSR count). The number of carbonyl (C=O) groups is 2. The lowest BCUT2D eigenvalue weighted by molar-refractivity contribution is -0.144. The predicted octanol–water partition coefficient (Wildman–Crippen LogP) is 4.94. The van der Waals surface area contributed by atoms with Gasteiger partial charge in [-0.15, -0.1) is 0 Å². The molecule has 0 amide bonds.